The van der Waals surface area contributed by atoms with Gasteiger partial charge in [-0.2, -0.15) is 0 Å². The molecule has 0 bridgehead atoms. The maximum atomic E-state index is 5.27. The summed E-state index contributed by atoms with van der Waals surface area (Å²) in [4.78, 5) is 5.27. The first-order valence-electron chi connectivity index (χ1n) is 10.7. The van der Waals surface area contributed by atoms with Crippen molar-refractivity contribution in [2.75, 3.05) is 0 Å². The maximum Gasteiger partial charge on any atom is 0.141 e. The number of unbranched alkanes of at least 4 members (excludes halogenated alkanes) is 1. The first kappa shape index (κ1) is 20.0. The van der Waals surface area contributed by atoms with Crippen molar-refractivity contribution in [3.8, 4) is 22.6 Å². The zero-order valence-corrected chi connectivity index (χ0v) is 18.3. The molecule has 2 nitrogen and oxygen atoms in total. The summed E-state index contributed by atoms with van der Waals surface area (Å²) in [6.07, 6.45) is 8.31. The summed E-state index contributed by atoms with van der Waals surface area (Å²) in [5, 5.41) is 0. The van der Waals surface area contributed by atoms with Gasteiger partial charge in [-0.1, -0.05) is 72.8 Å². The number of benzene rings is 2. The molecule has 2 heteroatoms. The van der Waals surface area contributed by atoms with Gasteiger partial charge in [0, 0.05) is 23.2 Å². The minimum atomic E-state index is 0.937. The summed E-state index contributed by atoms with van der Waals surface area (Å²) in [5.41, 5.74) is 15.7. The zero-order valence-electron chi connectivity index (χ0n) is 18.3. The number of nitrogens with zero attached hydrogens (tertiary/aromatic N) is 2. The molecule has 1 aromatic heterocycles. The second-order valence-electron chi connectivity index (χ2n) is 8.00. The van der Waals surface area contributed by atoms with Crippen LogP contribution in [-0.4, -0.2) is 9.55 Å². The topological polar surface area (TPSA) is 17.8 Å². The van der Waals surface area contributed by atoms with Crippen molar-refractivity contribution >= 4 is 5.57 Å². The van der Waals surface area contributed by atoms with Crippen LogP contribution in [0, 0.1) is 20.8 Å². The number of imidazole rings is 1. The van der Waals surface area contributed by atoms with Crippen LogP contribution in [0.15, 0.2) is 72.2 Å². The third kappa shape index (κ3) is 3.76. The summed E-state index contributed by atoms with van der Waals surface area (Å²) in [5.74, 6) is 1.06. The van der Waals surface area contributed by atoms with Crippen LogP contribution in [0.25, 0.3) is 28.2 Å². The van der Waals surface area contributed by atoms with Crippen molar-refractivity contribution in [3.63, 3.8) is 0 Å². The molecule has 0 atom stereocenters. The fourth-order valence-electron chi connectivity index (χ4n) is 4.29. The Labute approximate surface area is 179 Å². The molecule has 1 heterocycles. The van der Waals surface area contributed by atoms with Gasteiger partial charge in [0.25, 0.3) is 0 Å². The van der Waals surface area contributed by atoms with E-state index in [2.05, 4.69) is 92.3 Å². The van der Waals surface area contributed by atoms with Crippen molar-refractivity contribution in [2.24, 2.45) is 0 Å². The minimum absolute atomic E-state index is 0.937. The lowest BCUT2D eigenvalue weighted by Crippen LogP contribution is -2.07. The van der Waals surface area contributed by atoms with Crippen molar-refractivity contribution in [2.45, 2.75) is 47.1 Å². The Morgan fingerprint density at radius 2 is 1.70 bits per heavy atom. The molecule has 0 unspecified atom stereocenters. The molecule has 30 heavy (non-hydrogen) atoms. The fourth-order valence-corrected chi connectivity index (χ4v) is 4.29. The molecule has 0 amide bonds. The number of aryl methyl sites for hydroxylation is 3. The van der Waals surface area contributed by atoms with Gasteiger partial charge < -0.3 is 4.57 Å². The van der Waals surface area contributed by atoms with Gasteiger partial charge in [-0.05, 0) is 56.5 Å². The van der Waals surface area contributed by atoms with Crippen LogP contribution in [0.2, 0.25) is 0 Å². The molecule has 1 aliphatic rings. The van der Waals surface area contributed by atoms with E-state index in [-0.39, 0.29) is 0 Å². The number of aromatic nitrogens is 2. The molecule has 0 N–H and O–H groups in total. The first-order valence-corrected chi connectivity index (χ1v) is 10.7. The molecule has 0 radical (unpaired) electrons. The molecule has 0 aliphatic heterocycles. The highest BCUT2D eigenvalue weighted by Crippen LogP contribution is 2.37. The van der Waals surface area contributed by atoms with Gasteiger partial charge in [-0.15, -0.1) is 0 Å². The standard InChI is InChI=1S/C28H28N2/c1-5-6-17-30-27(24-15-11-8-12-16-24)26(23-13-9-7-10-14-23)29-28(30)25-21(3)18-20(2)19-22(25)4/h7,9-11,13-16,18-19H,5-6,17H2,1-4H3. The van der Waals surface area contributed by atoms with E-state index in [1.54, 1.807) is 0 Å². The number of hydrogen-bond donors (Lipinski definition) is 0. The lowest BCUT2D eigenvalue weighted by atomic mass is 9.99. The van der Waals surface area contributed by atoms with Gasteiger partial charge in [0.15, 0.2) is 0 Å². The largest absolute Gasteiger partial charge is 0.323 e. The molecule has 0 saturated heterocycles. The normalized spacial score (nSPS) is 12.5. The first-order chi connectivity index (χ1) is 14.6. The third-order valence-electron chi connectivity index (χ3n) is 5.58. The summed E-state index contributed by atoms with van der Waals surface area (Å²) in [6.45, 7) is 9.72. The van der Waals surface area contributed by atoms with Crippen molar-refractivity contribution in [3.05, 3.63) is 94.5 Å². The van der Waals surface area contributed by atoms with Gasteiger partial charge >= 0.3 is 0 Å². The molecule has 150 valence electrons. The average Bonchev–Trinajstić information content (AvgIpc) is 3.11. The number of hydrogen-bond acceptors (Lipinski definition) is 1. The van der Waals surface area contributed by atoms with Crippen LogP contribution in [0.1, 0.15) is 42.1 Å². The predicted molar refractivity (Wildman–Crippen MR) is 126 cm³/mol. The molecule has 2 aromatic carbocycles. The Bertz CT molecular complexity index is 1190. The van der Waals surface area contributed by atoms with Crippen molar-refractivity contribution in [1.29, 1.82) is 0 Å². The molecule has 0 spiro atoms. The minimum Gasteiger partial charge on any atom is -0.323 e. The van der Waals surface area contributed by atoms with Gasteiger partial charge in [0.1, 0.15) is 5.82 Å². The van der Waals surface area contributed by atoms with Gasteiger partial charge in [-0.3, -0.25) is 0 Å². The van der Waals surface area contributed by atoms with E-state index < -0.39 is 0 Å². The zero-order chi connectivity index (χ0) is 21.1. The van der Waals surface area contributed by atoms with E-state index in [4.69, 9.17) is 4.98 Å². The van der Waals surface area contributed by atoms with E-state index in [0.29, 0.717) is 0 Å². The third-order valence-corrected chi connectivity index (χ3v) is 5.58. The van der Waals surface area contributed by atoms with Crippen LogP contribution < -0.4 is 0 Å². The second-order valence-corrected chi connectivity index (χ2v) is 8.00. The van der Waals surface area contributed by atoms with Crippen molar-refractivity contribution in [1.82, 2.24) is 9.55 Å². The maximum absolute atomic E-state index is 5.27. The highest BCUT2D eigenvalue weighted by atomic mass is 15.1. The van der Waals surface area contributed by atoms with Crippen LogP contribution in [0.3, 0.4) is 0 Å². The van der Waals surface area contributed by atoms with E-state index in [9.17, 15) is 0 Å². The number of rotatable bonds is 6. The summed E-state index contributed by atoms with van der Waals surface area (Å²) < 4.78 is 2.42. The van der Waals surface area contributed by atoms with Gasteiger partial charge in [0.05, 0.1) is 11.4 Å². The highest BCUT2D eigenvalue weighted by Gasteiger charge is 2.23. The van der Waals surface area contributed by atoms with Gasteiger partial charge in [0.2, 0.25) is 0 Å². The van der Waals surface area contributed by atoms with E-state index in [1.165, 1.54) is 22.3 Å². The molecule has 0 saturated carbocycles. The van der Waals surface area contributed by atoms with Crippen LogP contribution in [0.5, 0.6) is 0 Å². The summed E-state index contributed by atoms with van der Waals surface area (Å²) >= 11 is 0. The predicted octanol–water partition coefficient (Wildman–Crippen LogP) is 7.21. The highest BCUT2D eigenvalue weighted by molar-refractivity contribution is 5.86. The Balaban J connectivity index is 2.04. The van der Waals surface area contributed by atoms with Crippen LogP contribution in [-0.2, 0) is 6.54 Å². The molecular weight excluding hydrogens is 364 g/mol. The lowest BCUT2D eigenvalue weighted by molar-refractivity contribution is 0.632. The molecule has 4 rings (SSSR count). The van der Waals surface area contributed by atoms with Crippen LogP contribution in [0.4, 0.5) is 0 Å². The molecule has 0 fully saturated rings. The van der Waals surface area contributed by atoms with Gasteiger partial charge in [-0.25, -0.2) is 4.98 Å². The fraction of sp³-hybridized carbons (Fsp3) is 0.250. The lowest BCUT2D eigenvalue weighted by Gasteiger charge is -2.16. The van der Waals surface area contributed by atoms with E-state index >= 15 is 0 Å². The Morgan fingerprint density at radius 1 is 0.967 bits per heavy atom. The Kier molecular flexibility index (Phi) is 5.72. The second kappa shape index (κ2) is 8.59. The molecular formula is C28H28N2. The quantitative estimate of drug-likeness (QED) is 0.405. The Hall–Kier alpha value is -3.31. The smallest absolute Gasteiger partial charge is 0.141 e. The summed E-state index contributed by atoms with van der Waals surface area (Å²) in [7, 11) is 0. The summed E-state index contributed by atoms with van der Waals surface area (Å²) in [6, 6.07) is 15.0. The molecule has 1 aliphatic carbocycles. The Morgan fingerprint density at radius 3 is 2.33 bits per heavy atom. The van der Waals surface area contributed by atoms with Crippen LogP contribution >= 0.6 is 0 Å². The molecule has 3 aromatic rings. The van der Waals surface area contributed by atoms with E-state index in [1.807, 2.05) is 12.2 Å². The average molecular weight is 393 g/mol. The van der Waals surface area contributed by atoms with Crippen molar-refractivity contribution < 1.29 is 0 Å². The SMILES string of the molecule is CCCCn1c(-c2c(C)cc(C)cc2C)nc(-c2ccccc2)c1C1=CC=C=C=C1. The monoisotopic (exact) mass is 392 g/mol. The number of allylic oxidation sites excluding steroid dienone is 4. The van der Waals surface area contributed by atoms with E-state index in [0.717, 1.165) is 47.7 Å².